The second-order valence-electron chi connectivity index (χ2n) is 2.21. The number of aryl methyl sites for hydroxylation is 2. The number of hydrogen-bond donors (Lipinski definition) is 0. The van der Waals surface area contributed by atoms with Crippen molar-refractivity contribution >= 4 is 17.6 Å². The summed E-state index contributed by atoms with van der Waals surface area (Å²) in [6.07, 6.45) is 4.61. The van der Waals surface area contributed by atoms with Crippen molar-refractivity contribution in [2.75, 3.05) is 0 Å². The zero-order valence-corrected chi connectivity index (χ0v) is 6.83. The minimum atomic E-state index is 1.02. The molecule has 1 aromatic rings. The molecule has 10 heavy (non-hydrogen) atoms. The molecule has 0 aliphatic heterocycles. The van der Waals surface area contributed by atoms with Crippen LogP contribution in [0.4, 0.5) is 0 Å². The van der Waals surface area contributed by atoms with E-state index in [0.717, 1.165) is 16.7 Å². The molecule has 0 saturated carbocycles. The van der Waals surface area contributed by atoms with E-state index in [1.165, 1.54) is 0 Å². The van der Waals surface area contributed by atoms with Crippen LogP contribution in [0, 0.1) is 20.0 Å². The Balaban J connectivity index is 3.30. The fraction of sp³-hybridized carbons (Fsp3) is 0.250. The minimum absolute atomic E-state index is 1.02. The van der Waals surface area contributed by atoms with E-state index in [-0.39, 0.29) is 0 Å². The van der Waals surface area contributed by atoms with Crippen LogP contribution in [-0.4, -0.2) is 10.4 Å². The highest BCUT2D eigenvalue weighted by atomic mass is 32.1. The molecule has 0 aliphatic carbocycles. The van der Waals surface area contributed by atoms with E-state index in [9.17, 15) is 0 Å². The summed E-state index contributed by atoms with van der Waals surface area (Å²) in [5.41, 5.74) is 3.21. The van der Waals surface area contributed by atoms with E-state index >= 15 is 0 Å². The van der Waals surface area contributed by atoms with E-state index in [4.69, 9.17) is 12.2 Å². The van der Waals surface area contributed by atoms with Crippen molar-refractivity contribution in [3.05, 3.63) is 29.1 Å². The third-order valence-electron chi connectivity index (χ3n) is 1.44. The Morgan fingerprint density at radius 2 is 2.30 bits per heavy atom. The van der Waals surface area contributed by atoms with Gasteiger partial charge in [-0.3, -0.25) is 4.98 Å². The maximum Gasteiger partial charge on any atom is 0.0924 e. The smallest absolute Gasteiger partial charge is 0.0924 e. The van der Waals surface area contributed by atoms with Crippen LogP contribution in [0.2, 0.25) is 0 Å². The van der Waals surface area contributed by atoms with Crippen LogP contribution in [0.1, 0.15) is 16.7 Å². The molecular formula is C8H8NS. The van der Waals surface area contributed by atoms with E-state index in [1.807, 2.05) is 13.8 Å². The lowest BCUT2D eigenvalue weighted by molar-refractivity contribution is 1.20. The Kier molecular flexibility index (Phi) is 2.12. The first-order chi connectivity index (χ1) is 4.75. The summed E-state index contributed by atoms with van der Waals surface area (Å²) in [4.78, 5) is 3.90. The summed E-state index contributed by atoms with van der Waals surface area (Å²) < 4.78 is 0. The molecule has 1 aromatic heterocycles. The fourth-order valence-corrected chi connectivity index (χ4v) is 1.20. The molecule has 1 radical (unpaired) electrons. The molecular weight excluding hydrogens is 142 g/mol. The van der Waals surface area contributed by atoms with E-state index in [2.05, 4.69) is 11.2 Å². The summed E-state index contributed by atoms with van der Waals surface area (Å²) in [7, 11) is 0. The quantitative estimate of drug-likeness (QED) is 0.567. The maximum absolute atomic E-state index is 4.82. The molecule has 0 saturated heterocycles. The Morgan fingerprint density at radius 3 is 2.70 bits per heavy atom. The van der Waals surface area contributed by atoms with Crippen LogP contribution in [-0.2, 0) is 0 Å². The molecule has 0 unspecified atom stereocenters. The Labute approximate surface area is 66.1 Å². The highest BCUT2D eigenvalue weighted by molar-refractivity contribution is 7.79. The zero-order valence-electron chi connectivity index (χ0n) is 6.01. The lowest BCUT2D eigenvalue weighted by Crippen LogP contribution is -1.91. The maximum atomic E-state index is 4.82. The molecule has 1 rings (SSSR count). The van der Waals surface area contributed by atoms with E-state index < -0.39 is 0 Å². The zero-order chi connectivity index (χ0) is 7.56. The molecule has 0 N–H and O–H groups in total. The van der Waals surface area contributed by atoms with Gasteiger partial charge >= 0.3 is 0 Å². The summed E-state index contributed by atoms with van der Waals surface area (Å²) in [5, 5.41) is 1.67. The average Bonchev–Trinajstić information content (AvgIpc) is 1.88. The highest BCUT2D eigenvalue weighted by Crippen LogP contribution is 2.07. The molecule has 1 heterocycles. The van der Waals surface area contributed by atoms with Crippen molar-refractivity contribution < 1.29 is 0 Å². The van der Waals surface area contributed by atoms with Crippen molar-refractivity contribution in [1.29, 1.82) is 0 Å². The molecule has 0 aliphatic rings. The first kappa shape index (κ1) is 7.35. The standard InChI is InChI=1S/C8H8NS/c1-6-3-9-4-7(2)8(6)5-10/h3,5H,1-2H3. The van der Waals surface area contributed by atoms with Gasteiger partial charge in [0, 0.05) is 11.6 Å². The Bertz CT molecular complexity index is 235. The predicted molar refractivity (Wildman–Crippen MR) is 45.3 cm³/mol. The van der Waals surface area contributed by atoms with E-state index in [0.29, 0.717) is 0 Å². The van der Waals surface area contributed by atoms with Gasteiger partial charge in [-0.25, -0.2) is 0 Å². The van der Waals surface area contributed by atoms with Crippen molar-refractivity contribution in [3.8, 4) is 0 Å². The van der Waals surface area contributed by atoms with Crippen molar-refractivity contribution in [3.63, 3.8) is 0 Å². The molecule has 1 nitrogen and oxygen atoms in total. The molecule has 0 spiro atoms. The number of rotatable bonds is 1. The molecule has 0 aromatic carbocycles. The van der Waals surface area contributed by atoms with Gasteiger partial charge in [-0.1, -0.05) is 12.2 Å². The van der Waals surface area contributed by atoms with Crippen molar-refractivity contribution in [2.24, 2.45) is 0 Å². The molecule has 51 valence electrons. The molecule has 0 bridgehead atoms. The second-order valence-corrected chi connectivity index (χ2v) is 2.45. The SMILES string of the molecule is Cc1[c]ncc(C)c1C=S. The first-order valence-corrected chi connectivity index (χ1v) is 3.52. The van der Waals surface area contributed by atoms with Gasteiger partial charge in [0.2, 0.25) is 0 Å². The molecule has 0 amide bonds. The average molecular weight is 150 g/mol. The van der Waals surface area contributed by atoms with Gasteiger partial charge in [0.05, 0.1) is 6.20 Å². The van der Waals surface area contributed by atoms with Gasteiger partial charge in [0.25, 0.3) is 0 Å². The lowest BCUT2D eigenvalue weighted by atomic mass is 10.1. The summed E-state index contributed by atoms with van der Waals surface area (Å²) in [5.74, 6) is 0. The first-order valence-electron chi connectivity index (χ1n) is 3.04. The normalized spacial score (nSPS) is 9.40. The molecule has 2 heteroatoms. The van der Waals surface area contributed by atoms with Gasteiger partial charge in [0.15, 0.2) is 0 Å². The minimum Gasteiger partial charge on any atom is -0.254 e. The number of nitrogens with zero attached hydrogens (tertiary/aromatic N) is 1. The van der Waals surface area contributed by atoms with Crippen LogP contribution in [0.25, 0.3) is 0 Å². The van der Waals surface area contributed by atoms with Gasteiger partial charge in [-0.2, -0.15) is 0 Å². The third-order valence-corrected chi connectivity index (χ3v) is 1.67. The van der Waals surface area contributed by atoms with Gasteiger partial charge < -0.3 is 0 Å². The van der Waals surface area contributed by atoms with Gasteiger partial charge in [-0.05, 0) is 30.5 Å². The number of hydrogen-bond acceptors (Lipinski definition) is 2. The summed E-state index contributed by atoms with van der Waals surface area (Å²) in [6, 6.07) is 0. The monoisotopic (exact) mass is 150 g/mol. The number of pyridine rings is 1. The second kappa shape index (κ2) is 2.88. The van der Waals surface area contributed by atoms with Crippen LogP contribution in [0.5, 0.6) is 0 Å². The summed E-state index contributed by atoms with van der Waals surface area (Å²) >= 11 is 4.82. The highest BCUT2D eigenvalue weighted by Gasteiger charge is 1.97. The summed E-state index contributed by atoms with van der Waals surface area (Å²) in [6.45, 7) is 3.95. The fourth-order valence-electron chi connectivity index (χ4n) is 0.833. The van der Waals surface area contributed by atoms with Crippen molar-refractivity contribution in [1.82, 2.24) is 4.98 Å². The molecule has 0 fully saturated rings. The largest absolute Gasteiger partial charge is 0.254 e. The number of thiocarbonyl (C=S) groups is 1. The van der Waals surface area contributed by atoms with E-state index in [1.54, 1.807) is 11.6 Å². The van der Waals surface area contributed by atoms with Crippen LogP contribution >= 0.6 is 12.2 Å². The lowest BCUT2D eigenvalue weighted by Gasteiger charge is -1.99. The van der Waals surface area contributed by atoms with Crippen LogP contribution < -0.4 is 0 Å². The van der Waals surface area contributed by atoms with Gasteiger partial charge in [0.1, 0.15) is 0 Å². The Morgan fingerprint density at radius 1 is 1.60 bits per heavy atom. The van der Waals surface area contributed by atoms with Crippen molar-refractivity contribution in [2.45, 2.75) is 13.8 Å². The predicted octanol–water partition coefficient (Wildman–Crippen LogP) is 1.85. The van der Waals surface area contributed by atoms with Gasteiger partial charge in [-0.15, -0.1) is 0 Å². The van der Waals surface area contributed by atoms with Crippen LogP contribution in [0.3, 0.4) is 0 Å². The van der Waals surface area contributed by atoms with Crippen LogP contribution in [0.15, 0.2) is 6.20 Å². The Hall–Kier alpha value is -0.760. The topological polar surface area (TPSA) is 12.9 Å². The third kappa shape index (κ3) is 1.21. The number of aromatic nitrogens is 1. The molecule has 0 atom stereocenters.